The predicted octanol–water partition coefficient (Wildman–Crippen LogP) is 0.494. The summed E-state index contributed by atoms with van der Waals surface area (Å²) in [5, 5.41) is 4.55. The Kier molecular flexibility index (Phi) is 1.94. The molecule has 1 aromatic rings. The molecule has 3 nitrogen and oxygen atoms in total. The fraction of sp³-hybridized carbons (Fsp3) is 0.429. The van der Waals surface area contributed by atoms with Gasteiger partial charge in [-0.25, -0.2) is 8.42 Å². The third kappa shape index (κ3) is 1.18. The van der Waals surface area contributed by atoms with Crippen molar-refractivity contribution in [2.75, 3.05) is 13.1 Å². The van der Waals surface area contributed by atoms with E-state index < -0.39 is 9.84 Å². The Balaban J connectivity index is 2.33. The lowest BCUT2D eigenvalue weighted by Crippen LogP contribution is -2.51. The van der Waals surface area contributed by atoms with Crippen LogP contribution in [0.1, 0.15) is 0 Å². The Labute approximate surface area is 75.3 Å². The van der Waals surface area contributed by atoms with Gasteiger partial charge < -0.3 is 5.32 Å². The Morgan fingerprint density at radius 3 is 2.67 bits per heavy atom. The maximum atomic E-state index is 11.6. The maximum Gasteiger partial charge on any atom is 0.193 e. The van der Waals surface area contributed by atoms with Gasteiger partial charge in [0.2, 0.25) is 0 Å². The molecule has 0 radical (unpaired) electrons. The molecule has 0 aromatic carbocycles. The number of sulfone groups is 1. The molecule has 0 unspecified atom stereocenters. The molecular weight excluding hydrogens is 194 g/mol. The minimum absolute atomic E-state index is 0.198. The van der Waals surface area contributed by atoms with Crippen LogP contribution in [0.3, 0.4) is 0 Å². The van der Waals surface area contributed by atoms with Gasteiger partial charge in [0.1, 0.15) is 4.21 Å². The highest BCUT2D eigenvalue weighted by molar-refractivity contribution is 7.94. The molecule has 1 aliphatic heterocycles. The molecule has 2 rings (SSSR count). The molecule has 66 valence electrons. The Hall–Kier alpha value is -0.390. The maximum absolute atomic E-state index is 11.6. The minimum atomic E-state index is -3.00. The average molecular weight is 203 g/mol. The number of hydrogen-bond donors (Lipinski definition) is 1. The van der Waals surface area contributed by atoms with Crippen LogP contribution in [0.25, 0.3) is 0 Å². The van der Waals surface area contributed by atoms with Crippen molar-refractivity contribution in [3.63, 3.8) is 0 Å². The second-order valence-corrected chi connectivity index (χ2v) is 6.16. The summed E-state index contributed by atoms with van der Waals surface area (Å²) in [6.07, 6.45) is 0. The third-order valence-electron chi connectivity index (χ3n) is 1.96. The van der Waals surface area contributed by atoms with Gasteiger partial charge in [0.25, 0.3) is 0 Å². The first-order chi connectivity index (χ1) is 5.71. The van der Waals surface area contributed by atoms with E-state index in [1.165, 1.54) is 11.3 Å². The Bertz CT molecular complexity index is 351. The number of thiophene rings is 1. The Morgan fingerprint density at radius 2 is 2.25 bits per heavy atom. The van der Waals surface area contributed by atoms with Crippen LogP contribution < -0.4 is 5.32 Å². The van der Waals surface area contributed by atoms with Crippen molar-refractivity contribution in [2.45, 2.75) is 9.46 Å². The molecule has 0 bridgehead atoms. The number of rotatable bonds is 2. The summed E-state index contributed by atoms with van der Waals surface area (Å²) in [5.74, 6) is 0. The smallest absolute Gasteiger partial charge is 0.193 e. The van der Waals surface area contributed by atoms with Crippen LogP contribution in [0.2, 0.25) is 0 Å². The van der Waals surface area contributed by atoms with E-state index in [1.54, 1.807) is 17.5 Å². The van der Waals surface area contributed by atoms with Gasteiger partial charge in [-0.05, 0) is 11.4 Å². The van der Waals surface area contributed by atoms with Gasteiger partial charge in [-0.15, -0.1) is 11.3 Å². The van der Waals surface area contributed by atoms with E-state index in [-0.39, 0.29) is 5.25 Å². The number of hydrogen-bond acceptors (Lipinski definition) is 4. The molecule has 0 spiro atoms. The first-order valence-electron chi connectivity index (χ1n) is 3.69. The van der Waals surface area contributed by atoms with E-state index >= 15 is 0 Å². The molecule has 0 saturated carbocycles. The second-order valence-electron chi connectivity index (χ2n) is 2.76. The van der Waals surface area contributed by atoms with Crippen LogP contribution in [0, 0.1) is 0 Å². The highest BCUT2D eigenvalue weighted by atomic mass is 32.2. The van der Waals surface area contributed by atoms with Crippen molar-refractivity contribution in [3.05, 3.63) is 17.5 Å². The SMILES string of the molecule is O=S(=O)(c1cccs1)C1CNC1. The summed E-state index contributed by atoms with van der Waals surface area (Å²) in [6, 6.07) is 3.43. The number of nitrogens with one attached hydrogen (secondary N) is 1. The van der Waals surface area contributed by atoms with Gasteiger partial charge in [-0.2, -0.15) is 0 Å². The topological polar surface area (TPSA) is 46.2 Å². The van der Waals surface area contributed by atoms with Crippen molar-refractivity contribution in [1.82, 2.24) is 5.32 Å². The lowest BCUT2D eigenvalue weighted by molar-refractivity contribution is 0.496. The molecule has 0 atom stereocenters. The first kappa shape index (κ1) is 8.22. The van der Waals surface area contributed by atoms with Gasteiger partial charge in [0.05, 0.1) is 5.25 Å². The molecule has 1 saturated heterocycles. The van der Waals surface area contributed by atoms with E-state index in [4.69, 9.17) is 0 Å². The summed E-state index contributed by atoms with van der Waals surface area (Å²) in [4.78, 5) is 0. The van der Waals surface area contributed by atoms with E-state index in [1.807, 2.05) is 0 Å². The van der Waals surface area contributed by atoms with Gasteiger partial charge >= 0.3 is 0 Å². The average Bonchev–Trinajstić information content (AvgIpc) is 2.30. The zero-order valence-electron chi connectivity index (χ0n) is 6.36. The first-order valence-corrected chi connectivity index (χ1v) is 6.12. The van der Waals surface area contributed by atoms with E-state index in [9.17, 15) is 8.42 Å². The Morgan fingerprint density at radius 1 is 1.50 bits per heavy atom. The van der Waals surface area contributed by atoms with E-state index in [2.05, 4.69) is 5.32 Å². The van der Waals surface area contributed by atoms with E-state index in [0.29, 0.717) is 17.3 Å². The monoisotopic (exact) mass is 203 g/mol. The molecule has 2 heterocycles. The van der Waals surface area contributed by atoms with Gasteiger partial charge in [-0.1, -0.05) is 6.07 Å². The zero-order valence-corrected chi connectivity index (χ0v) is 7.99. The molecule has 0 amide bonds. The fourth-order valence-electron chi connectivity index (χ4n) is 1.07. The molecular formula is C7H9NO2S2. The van der Waals surface area contributed by atoms with Crippen molar-refractivity contribution >= 4 is 21.2 Å². The van der Waals surface area contributed by atoms with Crippen LogP contribution in [-0.2, 0) is 9.84 Å². The van der Waals surface area contributed by atoms with Crippen molar-refractivity contribution in [2.24, 2.45) is 0 Å². The standard InChI is InChI=1S/C7H9NO2S2/c9-12(10,6-4-8-5-6)7-2-1-3-11-7/h1-3,6,8H,4-5H2. The lowest BCUT2D eigenvalue weighted by Gasteiger charge is -2.25. The molecule has 1 N–H and O–H groups in total. The normalized spacial score (nSPS) is 19.0. The van der Waals surface area contributed by atoms with Crippen molar-refractivity contribution < 1.29 is 8.42 Å². The predicted molar refractivity (Wildman–Crippen MR) is 48.2 cm³/mol. The van der Waals surface area contributed by atoms with Gasteiger partial charge in [-0.3, -0.25) is 0 Å². The van der Waals surface area contributed by atoms with Gasteiger partial charge in [0.15, 0.2) is 9.84 Å². The summed E-state index contributed by atoms with van der Waals surface area (Å²) < 4.78 is 23.8. The second kappa shape index (κ2) is 2.83. The molecule has 5 heteroatoms. The van der Waals surface area contributed by atoms with Crippen molar-refractivity contribution in [3.8, 4) is 0 Å². The summed E-state index contributed by atoms with van der Waals surface area (Å²) in [5.41, 5.74) is 0. The molecule has 1 fully saturated rings. The summed E-state index contributed by atoms with van der Waals surface area (Å²) in [7, 11) is -3.00. The minimum Gasteiger partial charge on any atom is -0.314 e. The quantitative estimate of drug-likeness (QED) is 0.761. The molecule has 1 aromatic heterocycles. The highest BCUT2D eigenvalue weighted by Crippen LogP contribution is 2.22. The van der Waals surface area contributed by atoms with Crippen molar-refractivity contribution in [1.29, 1.82) is 0 Å². The van der Waals surface area contributed by atoms with Crippen LogP contribution in [0.5, 0.6) is 0 Å². The fourth-order valence-corrected chi connectivity index (χ4v) is 3.90. The summed E-state index contributed by atoms with van der Waals surface area (Å²) in [6.45, 7) is 1.19. The third-order valence-corrected chi connectivity index (χ3v) is 5.51. The zero-order chi connectivity index (χ0) is 8.60. The molecule has 1 aliphatic rings. The van der Waals surface area contributed by atoms with E-state index in [0.717, 1.165) is 0 Å². The molecule has 0 aliphatic carbocycles. The van der Waals surface area contributed by atoms with Crippen LogP contribution in [-0.4, -0.2) is 26.8 Å². The van der Waals surface area contributed by atoms with Crippen LogP contribution in [0.15, 0.2) is 21.7 Å². The van der Waals surface area contributed by atoms with Gasteiger partial charge in [0, 0.05) is 13.1 Å². The largest absolute Gasteiger partial charge is 0.314 e. The highest BCUT2D eigenvalue weighted by Gasteiger charge is 2.32. The lowest BCUT2D eigenvalue weighted by atomic mass is 10.3. The van der Waals surface area contributed by atoms with Crippen LogP contribution >= 0.6 is 11.3 Å². The van der Waals surface area contributed by atoms with Crippen LogP contribution in [0.4, 0.5) is 0 Å². The summed E-state index contributed by atoms with van der Waals surface area (Å²) >= 11 is 1.29. The molecule has 12 heavy (non-hydrogen) atoms.